The maximum absolute atomic E-state index is 12.1. The highest BCUT2D eigenvalue weighted by Gasteiger charge is 2.15. The van der Waals surface area contributed by atoms with Gasteiger partial charge in [-0.2, -0.15) is 0 Å². The average Bonchev–Trinajstić information content (AvgIpc) is 2.55. The summed E-state index contributed by atoms with van der Waals surface area (Å²) in [5.41, 5.74) is 1.52. The van der Waals surface area contributed by atoms with E-state index in [0.717, 1.165) is 11.1 Å². The molecule has 132 valence electrons. The van der Waals surface area contributed by atoms with E-state index >= 15 is 0 Å². The van der Waals surface area contributed by atoms with Crippen molar-refractivity contribution in [3.63, 3.8) is 0 Å². The van der Waals surface area contributed by atoms with Gasteiger partial charge in [0.25, 0.3) is 0 Å². The summed E-state index contributed by atoms with van der Waals surface area (Å²) < 4.78 is 20.2. The van der Waals surface area contributed by atoms with E-state index in [-0.39, 0.29) is 25.6 Å². The van der Waals surface area contributed by atoms with E-state index in [4.69, 9.17) is 18.9 Å². The number of carbonyl (C=O) groups excluding carboxylic acids is 2. The van der Waals surface area contributed by atoms with Crippen molar-refractivity contribution in [1.29, 1.82) is 0 Å². The Hall–Kier alpha value is -2.18. The molecule has 0 N–H and O–H groups in total. The number of methoxy groups -OCH3 is 2. The third-order valence-corrected chi connectivity index (χ3v) is 3.08. The summed E-state index contributed by atoms with van der Waals surface area (Å²) in [5.74, 6) is -0.804. The molecule has 0 spiro atoms. The van der Waals surface area contributed by atoms with Crippen LogP contribution in [0.5, 0.6) is 0 Å². The first-order valence-corrected chi connectivity index (χ1v) is 7.70. The average molecular weight is 336 g/mol. The molecule has 0 aromatic heterocycles. The van der Waals surface area contributed by atoms with E-state index in [2.05, 4.69) is 0 Å². The van der Waals surface area contributed by atoms with Crippen LogP contribution in [0.25, 0.3) is 6.08 Å². The van der Waals surface area contributed by atoms with Crippen molar-refractivity contribution < 1.29 is 28.5 Å². The Kier molecular flexibility index (Phi) is 9.41. The van der Waals surface area contributed by atoms with Crippen LogP contribution in [-0.2, 0) is 35.0 Å². The summed E-state index contributed by atoms with van der Waals surface area (Å²) in [5, 5.41) is 0. The number of hydrogen-bond acceptors (Lipinski definition) is 6. The molecule has 0 aliphatic carbocycles. The zero-order chi connectivity index (χ0) is 17.8. The highest BCUT2D eigenvalue weighted by atomic mass is 16.6. The van der Waals surface area contributed by atoms with Gasteiger partial charge in [-0.1, -0.05) is 24.3 Å². The van der Waals surface area contributed by atoms with E-state index in [1.54, 1.807) is 13.0 Å². The van der Waals surface area contributed by atoms with Crippen molar-refractivity contribution in [3.8, 4) is 0 Å². The van der Waals surface area contributed by atoms with E-state index in [9.17, 15) is 9.59 Å². The van der Waals surface area contributed by atoms with Gasteiger partial charge >= 0.3 is 11.9 Å². The van der Waals surface area contributed by atoms with Gasteiger partial charge in [0, 0.05) is 20.3 Å². The number of rotatable bonds is 10. The minimum Gasteiger partial charge on any atom is -0.463 e. The highest BCUT2D eigenvalue weighted by Crippen LogP contribution is 2.13. The lowest BCUT2D eigenvalue weighted by atomic mass is 10.0. The smallest absolute Gasteiger partial charge is 0.330 e. The molecule has 0 heterocycles. The van der Waals surface area contributed by atoms with Crippen molar-refractivity contribution in [2.24, 2.45) is 0 Å². The van der Waals surface area contributed by atoms with E-state index in [1.165, 1.54) is 20.3 Å². The zero-order valence-corrected chi connectivity index (χ0v) is 14.3. The summed E-state index contributed by atoms with van der Waals surface area (Å²) in [6.45, 7) is 2.59. The Labute approximate surface area is 142 Å². The molecule has 0 unspecified atom stereocenters. The molecule has 0 saturated heterocycles. The number of carbonyl (C=O) groups is 2. The molecule has 6 nitrogen and oxygen atoms in total. The molecule has 1 aromatic rings. The topological polar surface area (TPSA) is 71.1 Å². The fourth-order valence-corrected chi connectivity index (χ4v) is 2.08. The van der Waals surface area contributed by atoms with Crippen molar-refractivity contribution in [3.05, 3.63) is 41.5 Å². The summed E-state index contributed by atoms with van der Waals surface area (Å²) in [7, 11) is 3.07. The van der Waals surface area contributed by atoms with Crippen LogP contribution in [0, 0.1) is 0 Å². The van der Waals surface area contributed by atoms with Gasteiger partial charge in [-0.05, 0) is 24.1 Å². The lowest BCUT2D eigenvalue weighted by Crippen LogP contribution is -2.28. The molecule has 0 bridgehead atoms. The Balaban J connectivity index is 2.73. The number of benzene rings is 1. The molecule has 0 atom stereocenters. The van der Waals surface area contributed by atoms with Crippen molar-refractivity contribution in [2.75, 3.05) is 34.0 Å². The second-order valence-corrected chi connectivity index (χ2v) is 4.98. The van der Waals surface area contributed by atoms with Gasteiger partial charge in [-0.25, -0.2) is 4.79 Å². The monoisotopic (exact) mass is 336 g/mol. The maximum atomic E-state index is 12.1. The quantitative estimate of drug-likeness (QED) is 0.481. The standard InChI is InChI=1S/C18H24O6/c1-4-23-17(19)10-9-14-7-5-6-8-15(14)11-18(20)24-16(12-21-2)13-22-3/h5-10,16H,4,11-13H2,1-3H3/b10-9+. The Bertz CT molecular complexity index is 546. The van der Waals surface area contributed by atoms with Gasteiger partial charge in [0.15, 0.2) is 0 Å². The van der Waals surface area contributed by atoms with Crippen LogP contribution >= 0.6 is 0 Å². The first kappa shape index (κ1) is 19.9. The van der Waals surface area contributed by atoms with Gasteiger partial charge in [0.1, 0.15) is 6.10 Å². The Morgan fingerprint density at radius 2 is 1.79 bits per heavy atom. The molecule has 1 aromatic carbocycles. The molecule has 0 aliphatic heterocycles. The SMILES string of the molecule is CCOC(=O)/C=C/c1ccccc1CC(=O)OC(COC)COC. The highest BCUT2D eigenvalue weighted by molar-refractivity contribution is 5.87. The van der Waals surface area contributed by atoms with Crippen molar-refractivity contribution in [2.45, 2.75) is 19.4 Å². The molecular formula is C18H24O6. The lowest BCUT2D eigenvalue weighted by Gasteiger charge is -2.16. The second kappa shape index (κ2) is 11.4. The largest absolute Gasteiger partial charge is 0.463 e. The Morgan fingerprint density at radius 1 is 1.12 bits per heavy atom. The fraction of sp³-hybridized carbons (Fsp3) is 0.444. The van der Waals surface area contributed by atoms with Gasteiger partial charge in [0.2, 0.25) is 0 Å². The summed E-state index contributed by atoms with van der Waals surface area (Å²) >= 11 is 0. The molecule has 6 heteroatoms. The lowest BCUT2D eigenvalue weighted by molar-refractivity contribution is -0.153. The third kappa shape index (κ3) is 7.39. The zero-order valence-electron chi connectivity index (χ0n) is 14.3. The number of hydrogen-bond donors (Lipinski definition) is 0. The predicted molar refractivity (Wildman–Crippen MR) is 89.4 cm³/mol. The Morgan fingerprint density at radius 3 is 2.42 bits per heavy atom. The number of ether oxygens (including phenoxy) is 4. The van der Waals surface area contributed by atoms with Crippen LogP contribution in [-0.4, -0.2) is 52.1 Å². The van der Waals surface area contributed by atoms with E-state index < -0.39 is 12.1 Å². The van der Waals surface area contributed by atoms with Crippen LogP contribution in [0.3, 0.4) is 0 Å². The molecular weight excluding hydrogens is 312 g/mol. The van der Waals surface area contributed by atoms with E-state index in [0.29, 0.717) is 6.61 Å². The minimum atomic E-state index is -0.449. The summed E-state index contributed by atoms with van der Waals surface area (Å²) in [6, 6.07) is 7.29. The van der Waals surface area contributed by atoms with Crippen LogP contribution in [0.1, 0.15) is 18.1 Å². The van der Waals surface area contributed by atoms with Gasteiger partial charge in [-0.3, -0.25) is 4.79 Å². The van der Waals surface area contributed by atoms with Crippen LogP contribution in [0.4, 0.5) is 0 Å². The molecule has 24 heavy (non-hydrogen) atoms. The minimum absolute atomic E-state index is 0.0905. The number of esters is 2. The second-order valence-electron chi connectivity index (χ2n) is 4.98. The first-order chi connectivity index (χ1) is 11.6. The van der Waals surface area contributed by atoms with Crippen LogP contribution in [0.15, 0.2) is 30.3 Å². The summed E-state index contributed by atoms with van der Waals surface area (Å²) in [4.78, 5) is 23.5. The fourth-order valence-electron chi connectivity index (χ4n) is 2.08. The molecule has 0 amide bonds. The molecule has 0 aliphatic rings. The van der Waals surface area contributed by atoms with Crippen molar-refractivity contribution >= 4 is 18.0 Å². The maximum Gasteiger partial charge on any atom is 0.330 e. The molecule has 1 rings (SSSR count). The van der Waals surface area contributed by atoms with Crippen LogP contribution < -0.4 is 0 Å². The van der Waals surface area contributed by atoms with Crippen molar-refractivity contribution in [1.82, 2.24) is 0 Å². The predicted octanol–water partition coefficient (Wildman–Crippen LogP) is 2.01. The molecule has 0 radical (unpaired) electrons. The first-order valence-electron chi connectivity index (χ1n) is 7.70. The molecule has 0 saturated carbocycles. The normalized spacial score (nSPS) is 11.0. The van der Waals surface area contributed by atoms with Crippen LogP contribution in [0.2, 0.25) is 0 Å². The molecule has 0 fully saturated rings. The summed E-state index contributed by atoms with van der Waals surface area (Å²) in [6.07, 6.45) is 2.61. The van der Waals surface area contributed by atoms with E-state index in [1.807, 2.05) is 24.3 Å². The van der Waals surface area contributed by atoms with Gasteiger partial charge < -0.3 is 18.9 Å². The van der Waals surface area contributed by atoms with Gasteiger partial charge in [-0.15, -0.1) is 0 Å². The van der Waals surface area contributed by atoms with Gasteiger partial charge in [0.05, 0.1) is 26.2 Å². The third-order valence-electron chi connectivity index (χ3n) is 3.08.